The molecule has 0 saturated heterocycles. The topological polar surface area (TPSA) is 156 Å². The zero-order chi connectivity index (χ0) is 10.2. The summed E-state index contributed by atoms with van der Waals surface area (Å²) in [5.41, 5.74) is 29.4. The minimum Gasteiger partial charge on any atom is -0.329 e. The number of hydrogen-bond donors (Lipinski definition) is 6. The Morgan fingerprint density at radius 2 is 0.462 bits per heavy atom. The zero-order valence-corrected chi connectivity index (χ0v) is 9.16. The molecule has 0 aromatic rings. The van der Waals surface area contributed by atoms with Crippen LogP contribution < -0.4 is 34.4 Å². The molecule has 0 aliphatic heterocycles. The van der Waals surface area contributed by atoms with Gasteiger partial charge in [0.05, 0.1) is 0 Å². The van der Waals surface area contributed by atoms with Crippen molar-refractivity contribution in [1.82, 2.24) is 0 Å². The average Bonchev–Trinajstić information content (AvgIpc) is 2.18. The first kappa shape index (κ1) is 23.3. The van der Waals surface area contributed by atoms with E-state index in [2.05, 4.69) is 0 Å². The molecule has 0 aromatic heterocycles. The molecule has 0 rings (SSSR count). The van der Waals surface area contributed by atoms with Crippen LogP contribution in [0.2, 0.25) is 0 Å². The summed E-state index contributed by atoms with van der Waals surface area (Å²) in [6.45, 7) is 3.58. The quantitative estimate of drug-likeness (QED) is 0.282. The third-order valence-corrected chi connectivity index (χ3v) is 0.500. The van der Waals surface area contributed by atoms with Crippen LogP contribution in [0.4, 0.5) is 0 Å². The van der Waals surface area contributed by atoms with Crippen LogP contribution in [0.15, 0.2) is 0 Å². The summed E-state index contributed by atoms with van der Waals surface area (Å²) in [5.74, 6) is 0. The first-order chi connectivity index (χ1) is 5.74. The molecule has 0 amide bonds. The molecular formula is C6H24FeN6+3. The van der Waals surface area contributed by atoms with Crippen molar-refractivity contribution in [1.29, 1.82) is 0 Å². The van der Waals surface area contributed by atoms with E-state index in [1.807, 2.05) is 0 Å². The van der Waals surface area contributed by atoms with Crippen LogP contribution in [0.1, 0.15) is 0 Å². The molecule has 0 aliphatic carbocycles. The molecule has 0 heterocycles. The second kappa shape index (κ2) is 39.6. The zero-order valence-electron chi connectivity index (χ0n) is 8.06. The second-order valence-electron chi connectivity index (χ2n) is 1.73. The second-order valence-corrected chi connectivity index (χ2v) is 1.73. The van der Waals surface area contributed by atoms with Crippen LogP contribution in [-0.4, -0.2) is 39.3 Å². The molecule has 0 unspecified atom stereocenters. The van der Waals surface area contributed by atoms with Gasteiger partial charge in [-0.2, -0.15) is 0 Å². The molecule has 0 aromatic carbocycles. The molecule has 0 spiro atoms. The number of nitrogens with two attached hydrogens (primary N) is 6. The maximum Gasteiger partial charge on any atom is 3.00 e. The molecule has 0 atom stereocenters. The summed E-state index contributed by atoms with van der Waals surface area (Å²) in [6.07, 6.45) is 0. The van der Waals surface area contributed by atoms with Gasteiger partial charge in [-0.3, -0.25) is 0 Å². The fourth-order valence-corrected chi connectivity index (χ4v) is 0. The van der Waals surface area contributed by atoms with E-state index in [4.69, 9.17) is 34.4 Å². The minimum atomic E-state index is 0. The van der Waals surface area contributed by atoms with Crippen molar-refractivity contribution < 1.29 is 17.1 Å². The first-order valence-corrected chi connectivity index (χ1v) is 3.95. The Morgan fingerprint density at radius 1 is 0.385 bits per heavy atom. The Morgan fingerprint density at radius 3 is 0.462 bits per heavy atom. The Hall–Kier alpha value is 0.279. The van der Waals surface area contributed by atoms with Crippen LogP contribution >= 0.6 is 0 Å². The summed E-state index contributed by atoms with van der Waals surface area (Å²) in [5, 5.41) is 0. The van der Waals surface area contributed by atoms with Crippen molar-refractivity contribution >= 4 is 0 Å². The molecule has 0 bridgehead atoms. The summed E-state index contributed by atoms with van der Waals surface area (Å²) < 4.78 is 0. The SMILES string of the molecule is NCCN.NCCN.NCCN.[Fe+3]. The number of hydrogen-bond acceptors (Lipinski definition) is 6. The Balaban J connectivity index is -0.0000000450. The van der Waals surface area contributed by atoms with Crippen molar-refractivity contribution in [3.63, 3.8) is 0 Å². The van der Waals surface area contributed by atoms with E-state index < -0.39 is 0 Å². The predicted molar refractivity (Wildman–Crippen MR) is 54.3 cm³/mol. The van der Waals surface area contributed by atoms with Gasteiger partial charge in [0.1, 0.15) is 0 Å². The van der Waals surface area contributed by atoms with Crippen LogP contribution in [-0.2, 0) is 17.1 Å². The smallest absolute Gasteiger partial charge is 0.329 e. The van der Waals surface area contributed by atoms with E-state index in [0.29, 0.717) is 39.3 Å². The summed E-state index contributed by atoms with van der Waals surface area (Å²) in [6, 6.07) is 0. The van der Waals surface area contributed by atoms with E-state index in [0.717, 1.165) is 0 Å². The van der Waals surface area contributed by atoms with Gasteiger partial charge >= 0.3 is 17.1 Å². The van der Waals surface area contributed by atoms with Gasteiger partial charge in [-0.1, -0.05) is 0 Å². The molecule has 6 nitrogen and oxygen atoms in total. The first-order valence-electron chi connectivity index (χ1n) is 3.95. The van der Waals surface area contributed by atoms with E-state index >= 15 is 0 Å². The molecule has 83 valence electrons. The van der Waals surface area contributed by atoms with Crippen molar-refractivity contribution in [3.05, 3.63) is 0 Å². The van der Waals surface area contributed by atoms with Crippen LogP contribution in [0.5, 0.6) is 0 Å². The standard InChI is InChI=1S/3C2H8N2.Fe/c3*3-1-2-4;/h3*1-4H2;/q;;;+3. The van der Waals surface area contributed by atoms with Crippen molar-refractivity contribution in [2.45, 2.75) is 0 Å². The third-order valence-electron chi connectivity index (χ3n) is 0.500. The van der Waals surface area contributed by atoms with E-state index in [1.54, 1.807) is 0 Å². The molecule has 13 heavy (non-hydrogen) atoms. The third kappa shape index (κ3) is 121. The van der Waals surface area contributed by atoms with Gasteiger partial charge in [0, 0.05) is 39.3 Å². The van der Waals surface area contributed by atoms with Gasteiger partial charge in [0.25, 0.3) is 0 Å². The monoisotopic (exact) mass is 236 g/mol. The van der Waals surface area contributed by atoms with Crippen LogP contribution in [0, 0.1) is 0 Å². The maximum atomic E-state index is 4.90. The fourth-order valence-electron chi connectivity index (χ4n) is 0. The van der Waals surface area contributed by atoms with Gasteiger partial charge in [0.2, 0.25) is 0 Å². The Kier molecular flexibility index (Phi) is 70.9. The van der Waals surface area contributed by atoms with Crippen LogP contribution in [0.25, 0.3) is 0 Å². The molecule has 0 fully saturated rings. The summed E-state index contributed by atoms with van der Waals surface area (Å²) in [4.78, 5) is 0. The molecule has 12 N–H and O–H groups in total. The van der Waals surface area contributed by atoms with Crippen molar-refractivity contribution in [2.75, 3.05) is 39.3 Å². The van der Waals surface area contributed by atoms with Gasteiger partial charge in [-0.05, 0) is 0 Å². The molecule has 1 radical (unpaired) electrons. The molecule has 0 saturated carbocycles. The summed E-state index contributed by atoms with van der Waals surface area (Å²) >= 11 is 0. The Bertz CT molecular complexity index is 32.6. The van der Waals surface area contributed by atoms with Gasteiger partial charge < -0.3 is 34.4 Å². The van der Waals surface area contributed by atoms with Crippen LogP contribution in [0.3, 0.4) is 0 Å². The molecular weight excluding hydrogens is 212 g/mol. The molecule has 7 heteroatoms. The maximum absolute atomic E-state index is 4.90. The van der Waals surface area contributed by atoms with Crippen molar-refractivity contribution in [3.8, 4) is 0 Å². The molecule has 0 aliphatic rings. The predicted octanol–water partition coefficient (Wildman–Crippen LogP) is -3.29. The van der Waals surface area contributed by atoms with Crippen molar-refractivity contribution in [2.24, 2.45) is 34.4 Å². The van der Waals surface area contributed by atoms with Gasteiger partial charge in [-0.15, -0.1) is 0 Å². The Labute approximate surface area is 91.2 Å². The summed E-state index contributed by atoms with van der Waals surface area (Å²) in [7, 11) is 0. The van der Waals surface area contributed by atoms with Gasteiger partial charge in [-0.25, -0.2) is 0 Å². The van der Waals surface area contributed by atoms with Gasteiger partial charge in [0.15, 0.2) is 0 Å². The normalized spacial score (nSPS) is 6.92. The fraction of sp³-hybridized carbons (Fsp3) is 1.00. The minimum absolute atomic E-state index is 0. The average molecular weight is 236 g/mol. The van der Waals surface area contributed by atoms with E-state index in [1.165, 1.54) is 0 Å². The van der Waals surface area contributed by atoms with E-state index in [-0.39, 0.29) is 17.1 Å². The van der Waals surface area contributed by atoms with E-state index in [9.17, 15) is 0 Å². The number of rotatable bonds is 3. The largest absolute Gasteiger partial charge is 3.00 e.